The molecule has 1 aromatic carbocycles. The summed E-state index contributed by atoms with van der Waals surface area (Å²) in [4.78, 5) is 4.42. The summed E-state index contributed by atoms with van der Waals surface area (Å²) in [6, 6.07) is 9.14. The van der Waals surface area contributed by atoms with Gasteiger partial charge in [-0.15, -0.1) is 5.10 Å². The minimum absolute atomic E-state index is 0.0283. The van der Waals surface area contributed by atoms with Crippen molar-refractivity contribution in [2.45, 2.75) is 56.8 Å². The first-order chi connectivity index (χ1) is 14.3. The van der Waals surface area contributed by atoms with E-state index in [2.05, 4.69) is 22.2 Å². The number of alkyl halides is 3. The maximum atomic E-state index is 12.7. The van der Waals surface area contributed by atoms with Gasteiger partial charge in [-0.25, -0.2) is 4.98 Å². The quantitative estimate of drug-likeness (QED) is 0.540. The van der Waals surface area contributed by atoms with Crippen LogP contribution in [-0.2, 0) is 12.8 Å². The number of nitrogens with two attached hydrogens (primary N) is 2. The molecule has 1 aliphatic rings. The number of H-pyrrole nitrogens is 1. The Morgan fingerprint density at radius 3 is 2.70 bits per heavy atom. The summed E-state index contributed by atoms with van der Waals surface area (Å²) in [5.41, 5.74) is 13.8. The van der Waals surface area contributed by atoms with Crippen molar-refractivity contribution >= 4 is 16.7 Å². The number of halogens is 3. The smallest absolute Gasteiger partial charge is 0.432 e. The van der Waals surface area contributed by atoms with Gasteiger partial charge in [0.05, 0.1) is 5.52 Å². The molecule has 0 radical (unpaired) electrons. The summed E-state index contributed by atoms with van der Waals surface area (Å²) in [7, 11) is 0. The molecule has 2 heterocycles. The molecule has 160 valence electrons. The molecule has 0 amide bonds. The molecule has 1 saturated carbocycles. The third-order valence-electron chi connectivity index (χ3n) is 5.67. The second-order valence-electron chi connectivity index (χ2n) is 7.86. The predicted molar refractivity (Wildman–Crippen MR) is 108 cm³/mol. The number of hydrogen-bond donors (Lipinski definition) is 3. The normalized spacial score (nSPS) is 20.3. The van der Waals surface area contributed by atoms with Crippen molar-refractivity contribution in [2.75, 3.05) is 5.73 Å². The van der Waals surface area contributed by atoms with Crippen molar-refractivity contribution in [1.82, 2.24) is 15.2 Å². The fourth-order valence-electron chi connectivity index (χ4n) is 3.96. The summed E-state index contributed by atoms with van der Waals surface area (Å²) in [5, 5.41) is 6.39. The van der Waals surface area contributed by atoms with E-state index in [0.717, 1.165) is 49.1 Å². The van der Waals surface area contributed by atoms with Gasteiger partial charge in [-0.3, -0.25) is 5.10 Å². The third-order valence-corrected chi connectivity index (χ3v) is 5.67. The van der Waals surface area contributed by atoms with Crippen LogP contribution in [0, 0.1) is 0 Å². The van der Waals surface area contributed by atoms with E-state index in [1.807, 2.05) is 17.2 Å². The molecule has 2 atom stereocenters. The second-order valence-corrected chi connectivity index (χ2v) is 7.86. The Bertz CT molecular complexity index is 1030. The summed E-state index contributed by atoms with van der Waals surface area (Å²) < 4.78 is 43.4. The number of aromatic amines is 1. The highest BCUT2D eigenvalue weighted by Gasteiger charge is 2.33. The maximum absolute atomic E-state index is 12.7. The molecule has 1 fully saturated rings. The van der Waals surface area contributed by atoms with E-state index in [9.17, 15) is 13.2 Å². The van der Waals surface area contributed by atoms with Crippen LogP contribution < -0.4 is 16.2 Å². The average molecular weight is 419 g/mol. The van der Waals surface area contributed by atoms with Crippen molar-refractivity contribution in [3.05, 3.63) is 47.2 Å². The fraction of sp³-hybridized carbons (Fsp3) is 0.429. The molecular formula is C21H24F3N5O. The van der Waals surface area contributed by atoms with Crippen molar-refractivity contribution in [3.63, 3.8) is 0 Å². The van der Waals surface area contributed by atoms with E-state index in [1.165, 1.54) is 5.56 Å². The summed E-state index contributed by atoms with van der Waals surface area (Å²) in [6.07, 6.45) is 0.866. The predicted octanol–water partition coefficient (Wildman–Crippen LogP) is 4.51. The minimum Gasteiger partial charge on any atom is -0.472 e. The monoisotopic (exact) mass is 419 g/mol. The van der Waals surface area contributed by atoms with Crippen LogP contribution in [0.15, 0.2) is 30.3 Å². The molecule has 4 rings (SSSR count). The van der Waals surface area contributed by atoms with Gasteiger partial charge in [0.15, 0.2) is 0 Å². The van der Waals surface area contributed by atoms with Gasteiger partial charge < -0.3 is 16.2 Å². The summed E-state index contributed by atoms with van der Waals surface area (Å²) in [5.74, 6) is 0.595. The van der Waals surface area contributed by atoms with Crippen molar-refractivity contribution in [3.8, 4) is 5.88 Å². The van der Waals surface area contributed by atoms with E-state index in [0.29, 0.717) is 11.5 Å². The standard InChI is InChI=1S/C21H24F3N5O/c22-21(23,24)18-10-19(29-28-18)30-11-15-9-14-8-13(5-7-17(14)27-20(15)26)12-2-1-3-16(25)6-4-12/h5,7-10,12,16H,1-4,6,11,25H2,(H2,26,27)(H,28,29). The van der Waals surface area contributed by atoms with E-state index in [-0.39, 0.29) is 24.3 Å². The SMILES string of the molecule is Nc1nc2ccc(C3CCCC(N)CC3)cc2cc1COc1cc(C(F)(F)F)[nH]n1. The van der Waals surface area contributed by atoms with Gasteiger partial charge in [-0.1, -0.05) is 12.5 Å². The Morgan fingerprint density at radius 1 is 1.10 bits per heavy atom. The molecule has 0 saturated heterocycles. The largest absolute Gasteiger partial charge is 0.472 e. The lowest BCUT2D eigenvalue weighted by atomic mass is 9.90. The first-order valence-electron chi connectivity index (χ1n) is 9.99. The number of nitrogen functional groups attached to an aromatic ring is 1. The van der Waals surface area contributed by atoms with Crippen molar-refractivity contribution in [1.29, 1.82) is 0 Å². The van der Waals surface area contributed by atoms with Gasteiger partial charge in [-0.2, -0.15) is 13.2 Å². The molecule has 2 unspecified atom stereocenters. The molecule has 0 spiro atoms. The van der Waals surface area contributed by atoms with Crippen LogP contribution in [0.1, 0.15) is 54.8 Å². The van der Waals surface area contributed by atoms with Crippen LogP contribution >= 0.6 is 0 Å². The molecule has 6 nitrogen and oxygen atoms in total. The second kappa shape index (κ2) is 8.14. The molecule has 1 aliphatic carbocycles. The molecule has 0 aliphatic heterocycles. The zero-order chi connectivity index (χ0) is 21.3. The molecule has 0 bridgehead atoms. The third kappa shape index (κ3) is 4.51. The Hall–Kier alpha value is -2.81. The minimum atomic E-state index is -4.50. The highest BCUT2D eigenvalue weighted by atomic mass is 19.4. The van der Waals surface area contributed by atoms with Crippen molar-refractivity contribution in [2.24, 2.45) is 5.73 Å². The van der Waals surface area contributed by atoms with E-state index in [1.54, 1.807) is 0 Å². The zero-order valence-electron chi connectivity index (χ0n) is 16.4. The van der Waals surface area contributed by atoms with Crippen LogP contribution in [0.4, 0.5) is 19.0 Å². The Morgan fingerprint density at radius 2 is 1.93 bits per heavy atom. The molecular weight excluding hydrogens is 395 g/mol. The van der Waals surface area contributed by atoms with Crippen LogP contribution in [0.3, 0.4) is 0 Å². The molecule has 2 aromatic heterocycles. The average Bonchev–Trinajstić information content (AvgIpc) is 3.08. The summed E-state index contributed by atoms with van der Waals surface area (Å²) in [6.45, 7) is -0.0283. The molecule has 5 N–H and O–H groups in total. The van der Waals surface area contributed by atoms with E-state index >= 15 is 0 Å². The maximum Gasteiger partial charge on any atom is 0.432 e. The fourth-order valence-corrected chi connectivity index (χ4v) is 3.96. The molecule has 30 heavy (non-hydrogen) atoms. The number of fused-ring (bicyclic) bond motifs is 1. The molecule has 3 aromatic rings. The Kier molecular flexibility index (Phi) is 5.55. The van der Waals surface area contributed by atoms with E-state index in [4.69, 9.17) is 16.2 Å². The van der Waals surface area contributed by atoms with E-state index < -0.39 is 11.9 Å². The highest BCUT2D eigenvalue weighted by Crippen LogP contribution is 2.33. The number of hydrogen-bond acceptors (Lipinski definition) is 5. The Balaban J connectivity index is 1.53. The zero-order valence-corrected chi connectivity index (χ0v) is 16.4. The lowest BCUT2D eigenvalue weighted by molar-refractivity contribution is -0.141. The van der Waals surface area contributed by atoms with Crippen LogP contribution in [0.5, 0.6) is 5.88 Å². The van der Waals surface area contributed by atoms with Gasteiger partial charge in [0.1, 0.15) is 18.1 Å². The number of rotatable bonds is 4. The number of aromatic nitrogens is 3. The highest BCUT2D eigenvalue weighted by molar-refractivity contribution is 5.82. The van der Waals surface area contributed by atoms with Gasteiger partial charge >= 0.3 is 6.18 Å². The number of anilines is 1. The van der Waals surface area contributed by atoms with Crippen LogP contribution in [0.25, 0.3) is 10.9 Å². The number of nitrogens with one attached hydrogen (secondary N) is 1. The first-order valence-corrected chi connectivity index (χ1v) is 9.99. The van der Waals surface area contributed by atoms with Gasteiger partial charge in [0, 0.05) is 23.1 Å². The van der Waals surface area contributed by atoms with Crippen molar-refractivity contribution < 1.29 is 17.9 Å². The van der Waals surface area contributed by atoms with Gasteiger partial charge in [0.2, 0.25) is 5.88 Å². The lowest BCUT2D eigenvalue weighted by Gasteiger charge is -2.16. The lowest BCUT2D eigenvalue weighted by Crippen LogP contribution is -2.17. The Labute approximate surface area is 171 Å². The van der Waals surface area contributed by atoms with Gasteiger partial charge in [-0.05, 0) is 55.4 Å². The van der Waals surface area contributed by atoms with Crippen LogP contribution in [0.2, 0.25) is 0 Å². The molecule has 9 heteroatoms. The topological polar surface area (TPSA) is 103 Å². The summed E-state index contributed by atoms with van der Waals surface area (Å²) >= 11 is 0. The number of ether oxygens (including phenoxy) is 1. The van der Waals surface area contributed by atoms with Gasteiger partial charge in [0.25, 0.3) is 0 Å². The van der Waals surface area contributed by atoms with Crippen LogP contribution in [-0.4, -0.2) is 21.2 Å². The number of benzene rings is 1. The first kappa shape index (κ1) is 20.5. The number of pyridine rings is 1. The number of nitrogens with zero attached hydrogens (tertiary/aromatic N) is 2.